The highest BCUT2D eigenvalue weighted by molar-refractivity contribution is 5.96. The minimum Gasteiger partial charge on any atom is -0.366 e. The molecule has 0 saturated heterocycles. The van der Waals surface area contributed by atoms with Gasteiger partial charge >= 0.3 is 0 Å². The van der Waals surface area contributed by atoms with E-state index in [4.69, 9.17) is 5.73 Å². The van der Waals surface area contributed by atoms with Crippen LogP contribution in [-0.4, -0.2) is 24.9 Å². The van der Waals surface area contributed by atoms with E-state index in [0.29, 0.717) is 17.8 Å². The molecule has 2 amide bonds. The number of carbonyl (C=O) groups excluding carboxylic acids is 2. The maximum absolute atomic E-state index is 12.2. The van der Waals surface area contributed by atoms with Gasteiger partial charge in [-0.25, -0.2) is 0 Å². The zero-order chi connectivity index (χ0) is 15.5. The Morgan fingerprint density at radius 1 is 1.09 bits per heavy atom. The van der Waals surface area contributed by atoms with Gasteiger partial charge in [-0.3, -0.25) is 9.59 Å². The molecule has 0 atom stereocenters. The van der Waals surface area contributed by atoms with Crippen LogP contribution in [0.4, 0.5) is 11.4 Å². The largest absolute Gasteiger partial charge is 0.366 e. The van der Waals surface area contributed by atoms with Crippen LogP contribution in [0, 0.1) is 0 Å². The summed E-state index contributed by atoms with van der Waals surface area (Å²) in [6.45, 7) is 1.17. The van der Waals surface area contributed by atoms with E-state index in [1.165, 1.54) is 5.56 Å². The molecule has 112 valence electrons. The maximum Gasteiger partial charge on any atom is 0.248 e. The summed E-state index contributed by atoms with van der Waals surface area (Å²) in [5, 5.41) is 2.83. The summed E-state index contributed by atoms with van der Waals surface area (Å²) < 4.78 is 0. The van der Waals surface area contributed by atoms with Gasteiger partial charge in [-0.05, 0) is 42.3 Å². The van der Waals surface area contributed by atoms with Crippen molar-refractivity contribution in [1.29, 1.82) is 0 Å². The van der Waals surface area contributed by atoms with Crippen molar-refractivity contribution in [3.05, 3.63) is 59.7 Å². The topological polar surface area (TPSA) is 75.4 Å². The number of para-hydroxylation sites is 1. The van der Waals surface area contributed by atoms with Gasteiger partial charge in [0.05, 0.1) is 6.54 Å². The minimum atomic E-state index is -0.480. The van der Waals surface area contributed by atoms with Crippen molar-refractivity contribution in [2.75, 3.05) is 23.3 Å². The van der Waals surface area contributed by atoms with E-state index in [0.717, 1.165) is 18.7 Å². The first-order chi connectivity index (χ1) is 10.6. The molecule has 0 saturated carbocycles. The summed E-state index contributed by atoms with van der Waals surface area (Å²) in [4.78, 5) is 25.2. The van der Waals surface area contributed by atoms with Crippen molar-refractivity contribution in [2.24, 2.45) is 5.73 Å². The van der Waals surface area contributed by atoms with Gasteiger partial charge in [-0.1, -0.05) is 18.2 Å². The maximum atomic E-state index is 12.2. The van der Waals surface area contributed by atoms with Gasteiger partial charge in [0.25, 0.3) is 0 Å². The Balaban J connectivity index is 1.62. The molecule has 5 heteroatoms. The van der Waals surface area contributed by atoms with E-state index in [1.807, 2.05) is 18.2 Å². The molecule has 1 heterocycles. The molecule has 3 rings (SSSR count). The van der Waals surface area contributed by atoms with Crippen molar-refractivity contribution in [1.82, 2.24) is 0 Å². The number of amides is 2. The summed E-state index contributed by atoms with van der Waals surface area (Å²) in [7, 11) is 0. The fourth-order valence-corrected chi connectivity index (χ4v) is 2.66. The number of fused-ring (bicyclic) bond motifs is 1. The van der Waals surface area contributed by atoms with Crippen LogP contribution in [0.2, 0.25) is 0 Å². The van der Waals surface area contributed by atoms with Gasteiger partial charge in [0, 0.05) is 23.5 Å². The second-order valence-corrected chi connectivity index (χ2v) is 5.29. The van der Waals surface area contributed by atoms with Crippen LogP contribution in [0.3, 0.4) is 0 Å². The van der Waals surface area contributed by atoms with E-state index in [-0.39, 0.29) is 5.91 Å². The molecule has 0 aliphatic carbocycles. The van der Waals surface area contributed by atoms with Gasteiger partial charge in [-0.15, -0.1) is 0 Å². The first-order valence-electron chi connectivity index (χ1n) is 7.16. The number of hydrogen-bond acceptors (Lipinski definition) is 3. The summed E-state index contributed by atoms with van der Waals surface area (Å²) in [6.07, 6.45) is 0.969. The van der Waals surface area contributed by atoms with Crippen LogP contribution in [0.25, 0.3) is 0 Å². The number of primary amides is 1. The standard InChI is InChI=1S/C17H17N3O2/c18-17(22)13-5-7-14(8-6-13)19-16(21)11-20-10-9-12-3-1-2-4-15(12)20/h1-8H,9-11H2,(H2,18,22)(H,19,21). The molecule has 0 aromatic heterocycles. The lowest BCUT2D eigenvalue weighted by Gasteiger charge is -2.18. The monoisotopic (exact) mass is 295 g/mol. The Kier molecular flexibility index (Phi) is 3.78. The Hall–Kier alpha value is -2.82. The zero-order valence-corrected chi connectivity index (χ0v) is 12.1. The molecular weight excluding hydrogens is 278 g/mol. The normalized spacial score (nSPS) is 12.8. The number of nitrogens with two attached hydrogens (primary N) is 1. The van der Waals surface area contributed by atoms with Crippen LogP contribution in [0.15, 0.2) is 48.5 Å². The van der Waals surface area contributed by atoms with Crippen molar-refractivity contribution < 1.29 is 9.59 Å². The summed E-state index contributed by atoms with van der Waals surface area (Å²) in [5.74, 6) is -0.560. The first kappa shape index (κ1) is 14.1. The molecule has 0 spiro atoms. The summed E-state index contributed by atoms with van der Waals surface area (Å²) in [6, 6.07) is 14.7. The fraction of sp³-hybridized carbons (Fsp3) is 0.176. The van der Waals surface area contributed by atoms with E-state index in [1.54, 1.807) is 24.3 Å². The van der Waals surface area contributed by atoms with Crippen molar-refractivity contribution >= 4 is 23.2 Å². The third-order valence-corrected chi connectivity index (χ3v) is 3.77. The summed E-state index contributed by atoms with van der Waals surface area (Å²) >= 11 is 0. The first-order valence-corrected chi connectivity index (χ1v) is 7.16. The van der Waals surface area contributed by atoms with Gasteiger partial charge in [0.15, 0.2) is 0 Å². The smallest absolute Gasteiger partial charge is 0.248 e. The quantitative estimate of drug-likeness (QED) is 0.903. The second-order valence-electron chi connectivity index (χ2n) is 5.29. The number of carbonyl (C=O) groups is 2. The highest BCUT2D eigenvalue weighted by atomic mass is 16.2. The third kappa shape index (κ3) is 2.93. The average Bonchev–Trinajstić information content (AvgIpc) is 2.91. The molecule has 0 unspecified atom stereocenters. The van der Waals surface area contributed by atoms with Gasteiger partial charge in [0.1, 0.15) is 0 Å². The van der Waals surface area contributed by atoms with Crippen LogP contribution in [-0.2, 0) is 11.2 Å². The average molecular weight is 295 g/mol. The van der Waals surface area contributed by atoms with E-state index in [2.05, 4.69) is 16.3 Å². The van der Waals surface area contributed by atoms with Crippen molar-refractivity contribution in [3.63, 3.8) is 0 Å². The Labute approximate surface area is 128 Å². The van der Waals surface area contributed by atoms with Crippen LogP contribution in [0.1, 0.15) is 15.9 Å². The lowest BCUT2D eigenvalue weighted by molar-refractivity contribution is -0.115. The van der Waals surface area contributed by atoms with Crippen LogP contribution in [0.5, 0.6) is 0 Å². The zero-order valence-electron chi connectivity index (χ0n) is 12.1. The predicted octanol–water partition coefficient (Wildman–Crippen LogP) is 1.79. The molecule has 1 aliphatic heterocycles. The second kappa shape index (κ2) is 5.89. The van der Waals surface area contributed by atoms with Crippen LogP contribution >= 0.6 is 0 Å². The van der Waals surface area contributed by atoms with E-state index < -0.39 is 5.91 Å². The minimum absolute atomic E-state index is 0.0801. The Morgan fingerprint density at radius 3 is 2.55 bits per heavy atom. The summed E-state index contributed by atoms with van der Waals surface area (Å²) in [5.41, 5.74) is 8.67. The highest BCUT2D eigenvalue weighted by Gasteiger charge is 2.20. The number of hydrogen-bond donors (Lipinski definition) is 2. The van der Waals surface area contributed by atoms with Crippen molar-refractivity contribution in [2.45, 2.75) is 6.42 Å². The molecule has 0 fully saturated rings. The van der Waals surface area contributed by atoms with Gasteiger partial charge in [0.2, 0.25) is 11.8 Å². The molecule has 0 bridgehead atoms. The lowest BCUT2D eigenvalue weighted by atomic mass is 10.2. The van der Waals surface area contributed by atoms with E-state index >= 15 is 0 Å². The third-order valence-electron chi connectivity index (χ3n) is 3.77. The number of nitrogens with zero attached hydrogens (tertiary/aromatic N) is 1. The molecule has 1 aliphatic rings. The molecule has 0 radical (unpaired) electrons. The molecule has 5 nitrogen and oxygen atoms in total. The number of nitrogens with one attached hydrogen (secondary N) is 1. The Bertz CT molecular complexity index is 710. The Morgan fingerprint density at radius 2 is 1.82 bits per heavy atom. The van der Waals surface area contributed by atoms with Gasteiger partial charge < -0.3 is 16.0 Å². The van der Waals surface area contributed by atoms with Crippen molar-refractivity contribution in [3.8, 4) is 0 Å². The number of rotatable bonds is 4. The molecule has 2 aromatic rings. The highest BCUT2D eigenvalue weighted by Crippen LogP contribution is 2.26. The predicted molar refractivity (Wildman–Crippen MR) is 85.9 cm³/mol. The molecule has 3 N–H and O–H groups in total. The van der Waals surface area contributed by atoms with E-state index in [9.17, 15) is 9.59 Å². The van der Waals surface area contributed by atoms with Crippen LogP contribution < -0.4 is 16.0 Å². The molecular formula is C17H17N3O2. The SMILES string of the molecule is NC(=O)c1ccc(NC(=O)CN2CCc3ccccc32)cc1. The number of benzene rings is 2. The molecule has 22 heavy (non-hydrogen) atoms. The van der Waals surface area contributed by atoms with Gasteiger partial charge in [-0.2, -0.15) is 0 Å². The fourth-order valence-electron chi connectivity index (χ4n) is 2.66. The lowest BCUT2D eigenvalue weighted by Crippen LogP contribution is -2.31. The molecule has 2 aromatic carbocycles. The number of anilines is 2.